The summed E-state index contributed by atoms with van der Waals surface area (Å²) in [6.07, 6.45) is 2.35. The number of rotatable bonds is 3. The maximum Gasteiger partial charge on any atom is 0.243 e. The van der Waals surface area contributed by atoms with Gasteiger partial charge in [-0.15, -0.1) is 0 Å². The van der Waals surface area contributed by atoms with Crippen LogP contribution in [0.25, 0.3) is 5.65 Å². The highest BCUT2D eigenvalue weighted by molar-refractivity contribution is 7.89. The molecule has 0 saturated carbocycles. The summed E-state index contributed by atoms with van der Waals surface area (Å²) in [4.78, 5) is 4.65. The van der Waals surface area contributed by atoms with Gasteiger partial charge in [0, 0.05) is 37.3 Å². The van der Waals surface area contributed by atoms with Gasteiger partial charge in [0.25, 0.3) is 0 Å². The topological polar surface area (TPSA) is 76.8 Å². The minimum absolute atomic E-state index is 0.265. The van der Waals surface area contributed by atoms with E-state index in [0.29, 0.717) is 25.3 Å². The van der Waals surface area contributed by atoms with Crippen LogP contribution in [-0.4, -0.2) is 41.0 Å². The SMILES string of the molecule is COc1ccc(S(=O)(=O)N2CCc3c(cnc4cc(C)nn34)C2)cc1. The van der Waals surface area contributed by atoms with Gasteiger partial charge in [0.2, 0.25) is 10.0 Å². The molecular weight excluding hydrogens is 340 g/mol. The van der Waals surface area contributed by atoms with Crippen molar-refractivity contribution in [3.05, 3.63) is 53.5 Å². The first-order valence-electron chi connectivity index (χ1n) is 7.96. The standard InChI is InChI=1S/C17H18N4O3S/c1-12-9-17-18-10-13-11-20(8-7-16(13)21(17)19-12)25(22,23)15-5-3-14(24-2)4-6-15/h3-6,9-10H,7-8,11H2,1-2H3. The molecule has 0 N–H and O–H groups in total. The summed E-state index contributed by atoms with van der Waals surface area (Å²) in [7, 11) is -2.01. The van der Waals surface area contributed by atoms with E-state index in [9.17, 15) is 8.42 Å². The highest BCUT2D eigenvalue weighted by Gasteiger charge is 2.29. The minimum atomic E-state index is -3.56. The Morgan fingerprint density at radius 1 is 1.20 bits per heavy atom. The van der Waals surface area contributed by atoms with Crippen molar-refractivity contribution < 1.29 is 13.2 Å². The maximum atomic E-state index is 12.9. The molecule has 2 aromatic heterocycles. The molecule has 0 aliphatic carbocycles. The maximum absolute atomic E-state index is 12.9. The van der Waals surface area contributed by atoms with Gasteiger partial charge in [0.05, 0.1) is 23.4 Å². The van der Waals surface area contributed by atoms with Gasteiger partial charge >= 0.3 is 0 Å². The first-order valence-corrected chi connectivity index (χ1v) is 9.40. The quantitative estimate of drug-likeness (QED) is 0.713. The fourth-order valence-electron chi connectivity index (χ4n) is 3.13. The Labute approximate surface area is 145 Å². The Morgan fingerprint density at radius 3 is 2.68 bits per heavy atom. The van der Waals surface area contributed by atoms with Crippen LogP contribution in [0.3, 0.4) is 0 Å². The molecule has 0 fully saturated rings. The fourth-order valence-corrected chi connectivity index (χ4v) is 4.55. The van der Waals surface area contributed by atoms with Crippen molar-refractivity contribution in [1.29, 1.82) is 0 Å². The molecule has 7 nitrogen and oxygen atoms in total. The molecule has 3 aromatic rings. The Balaban J connectivity index is 1.68. The molecule has 1 aromatic carbocycles. The number of sulfonamides is 1. The zero-order valence-electron chi connectivity index (χ0n) is 14.0. The summed E-state index contributed by atoms with van der Waals surface area (Å²) >= 11 is 0. The lowest BCUT2D eigenvalue weighted by atomic mass is 10.1. The molecule has 0 spiro atoms. The molecule has 130 valence electrons. The van der Waals surface area contributed by atoms with E-state index < -0.39 is 10.0 Å². The van der Waals surface area contributed by atoms with Crippen LogP contribution in [0.2, 0.25) is 0 Å². The number of ether oxygens (including phenoxy) is 1. The normalized spacial score (nSPS) is 15.3. The third kappa shape index (κ3) is 2.67. The van der Waals surface area contributed by atoms with Crippen LogP contribution in [0.4, 0.5) is 0 Å². The smallest absolute Gasteiger partial charge is 0.243 e. The van der Waals surface area contributed by atoms with Crippen molar-refractivity contribution in [2.24, 2.45) is 0 Å². The highest BCUT2D eigenvalue weighted by atomic mass is 32.2. The average Bonchev–Trinajstić information content (AvgIpc) is 3.02. The van der Waals surface area contributed by atoms with Crippen molar-refractivity contribution in [3.8, 4) is 5.75 Å². The largest absolute Gasteiger partial charge is 0.497 e. The molecule has 0 saturated heterocycles. The molecule has 3 heterocycles. The number of hydrogen-bond acceptors (Lipinski definition) is 5. The lowest BCUT2D eigenvalue weighted by molar-refractivity contribution is 0.383. The number of methoxy groups -OCH3 is 1. The van der Waals surface area contributed by atoms with E-state index in [1.54, 1.807) is 37.6 Å². The Hall–Kier alpha value is -2.45. The minimum Gasteiger partial charge on any atom is -0.497 e. The van der Waals surface area contributed by atoms with Crippen LogP contribution >= 0.6 is 0 Å². The Kier molecular flexibility index (Phi) is 3.73. The highest BCUT2D eigenvalue weighted by Crippen LogP contribution is 2.26. The molecule has 0 atom stereocenters. The van der Waals surface area contributed by atoms with Crippen LogP contribution in [0, 0.1) is 6.92 Å². The number of fused-ring (bicyclic) bond motifs is 3. The number of aromatic nitrogens is 3. The summed E-state index contributed by atoms with van der Waals surface area (Å²) in [5.74, 6) is 0.628. The van der Waals surface area contributed by atoms with Crippen molar-refractivity contribution in [3.63, 3.8) is 0 Å². The second-order valence-electron chi connectivity index (χ2n) is 6.05. The molecular formula is C17H18N4O3S. The van der Waals surface area contributed by atoms with Crippen LogP contribution in [0.5, 0.6) is 5.75 Å². The van der Waals surface area contributed by atoms with Gasteiger partial charge in [-0.2, -0.15) is 9.40 Å². The van der Waals surface area contributed by atoms with Crippen LogP contribution < -0.4 is 4.74 Å². The molecule has 1 aliphatic heterocycles. The summed E-state index contributed by atoms with van der Waals surface area (Å²) in [5.41, 5.74) is 3.61. The van der Waals surface area contributed by atoms with Gasteiger partial charge in [-0.25, -0.2) is 17.9 Å². The second kappa shape index (κ2) is 5.82. The number of nitrogens with zero attached hydrogens (tertiary/aromatic N) is 4. The molecule has 0 radical (unpaired) electrons. The molecule has 1 aliphatic rings. The van der Waals surface area contributed by atoms with Gasteiger partial charge in [-0.3, -0.25) is 0 Å². The van der Waals surface area contributed by atoms with Gasteiger partial charge < -0.3 is 4.74 Å². The fraction of sp³-hybridized carbons (Fsp3) is 0.294. The summed E-state index contributed by atoms with van der Waals surface area (Å²) < 4.78 is 34.2. The molecule has 0 bridgehead atoms. The van der Waals surface area contributed by atoms with Crippen LogP contribution in [-0.2, 0) is 23.0 Å². The molecule has 4 rings (SSSR count). The third-order valence-corrected chi connectivity index (χ3v) is 6.29. The van der Waals surface area contributed by atoms with Gasteiger partial charge in [0.1, 0.15) is 5.75 Å². The second-order valence-corrected chi connectivity index (χ2v) is 7.99. The molecule has 25 heavy (non-hydrogen) atoms. The van der Waals surface area contributed by atoms with Gasteiger partial charge in [-0.1, -0.05) is 0 Å². The van der Waals surface area contributed by atoms with Gasteiger partial charge in [0.15, 0.2) is 5.65 Å². The first-order chi connectivity index (χ1) is 12.0. The predicted octanol–water partition coefficient (Wildman–Crippen LogP) is 1.79. The Bertz CT molecular complexity index is 1040. The number of aryl methyl sites for hydroxylation is 1. The van der Waals surface area contributed by atoms with Crippen LogP contribution in [0.1, 0.15) is 17.0 Å². The van der Waals surface area contributed by atoms with E-state index in [1.165, 1.54) is 4.31 Å². The Morgan fingerprint density at radius 2 is 1.96 bits per heavy atom. The zero-order chi connectivity index (χ0) is 17.6. The third-order valence-electron chi connectivity index (χ3n) is 4.43. The average molecular weight is 358 g/mol. The number of benzene rings is 1. The van der Waals surface area contributed by atoms with Crippen molar-refractivity contribution in [2.75, 3.05) is 13.7 Å². The van der Waals surface area contributed by atoms with Crippen LogP contribution in [0.15, 0.2) is 41.4 Å². The lowest BCUT2D eigenvalue weighted by Gasteiger charge is -2.28. The zero-order valence-corrected chi connectivity index (χ0v) is 14.8. The van der Waals surface area contributed by atoms with E-state index in [4.69, 9.17) is 4.74 Å². The number of hydrogen-bond donors (Lipinski definition) is 0. The van der Waals surface area contributed by atoms with Crippen molar-refractivity contribution >= 4 is 15.7 Å². The van der Waals surface area contributed by atoms with Crippen molar-refractivity contribution in [1.82, 2.24) is 18.9 Å². The van der Waals surface area contributed by atoms with Gasteiger partial charge in [-0.05, 0) is 31.2 Å². The van der Waals surface area contributed by atoms with E-state index in [0.717, 1.165) is 22.6 Å². The van der Waals surface area contributed by atoms with Crippen molar-refractivity contribution in [2.45, 2.75) is 24.8 Å². The molecule has 8 heteroatoms. The lowest BCUT2D eigenvalue weighted by Crippen LogP contribution is -2.37. The summed E-state index contributed by atoms with van der Waals surface area (Å²) in [6, 6.07) is 8.37. The van der Waals surface area contributed by atoms with E-state index in [-0.39, 0.29) is 4.90 Å². The summed E-state index contributed by atoms with van der Waals surface area (Å²) in [6.45, 7) is 2.63. The van der Waals surface area contributed by atoms with E-state index >= 15 is 0 Å². The molecule has 0 amide bonds. The summed E-state index contributed by atoms with van der Waals surface area (Å²) in [5, 5.41) is 4.46. The van der Waals surface area contributed by atoms with E-state index in [1.807, 2.05) is 17.5 Å². The first kappa shape index (κ1) is 16.0. The monoisotopic (exact) mass is 358 g/mol. The van der Waals surface area contributed by atoms with E-state index in [2.05, 4.69) is 10.1 Å². The molecule has 0 unspecified atom stereocenters. The predicted molar refractivity (Wildman–Crippen MR) is 92.0 cm³/mol.